The number of hydrazine groups is 1. The normalized spacial score (nSPS) is 10.1. The lowest BCUT2D eigenvalue weighted by Crippen LogP contribution is -2.34. The van der Waals surface area contributed by atoms with Crippen molar-refractivity contribution in [3.63, 3.8) is 0 Å². The second kappa shape index (κ2) is 5.10. The summed E-state index contributed by atoms with van der Waals surface area (Å²) in [7, 11) is 1.72. The van der Waals surface area contributed by atoms with E-state index >= 15 is 0 Å². The maximum absolute atomic E-state index is 10.8. The van der Waals surface area contributed by atoms with E-state index in [-0.39, 0.29) is 20.6 Å². The summed E-state index contributed by atoms with van der Waals surface area (Å²) in [6, 6.07) is 0. The molecular weight excluding hydrogens is 163 g/mol. The van der Waals surface area contributed by atoms with Crippen molar-refractivity contribution in [3.8, 4) is 0 Å². The minimum Gasteiger partial charge on any atom is -0.482 e. The van der Waals surface area contributed by atoms with Crippen LogP contribution in [0.2, 0.25) is 0 Å². The van der Waals surface area contributed by atoms with Crippen molar-refractivity contribution in [2.45, 2.75) is 0 Å². The topological polar surface area (TPSA) is 55.6 Å². The molecule has 0 aliphatic carbocycles. The molecule has 0 amide bonds. The van der Waals surface area contributed by atoms with Crippen LogP contribution in [0.25, 0.3) is 0 Å². The number of rotatable bonds is 5. The largest absolute Gasteiger partial charge is 0.482 e. The smallest absolute Gasteiger partial charge is 0.196 e. The zero-order chi connectivity index (χ0) is 8.85. The van der Waals surface area contributed by atoms with E-state index in [2.05, 4.69) is 6.58 Å². The van der Waals surface area contributed by atoms with Gasteiger partial charge in [0.2, 0.25) is 0 Å². The fourth-order valence-corrected chi connectivity index (χ4v) is 0.768. The van der Waals surface area contributed by atoms with Crippen LogP contribution in [0.5, 0.6) is 0 Å². The van der Waals surface area contributed by atoms with E-state index in [1.807, 2.05) is 6.66 Å². The highest BCUT2D eigenvalue weighted by atomic mass is 31.1. The number of nitrogens with zero attached hydrogens (tertiary/aromatic N) is 1. The fraction of sp³-hybridized carbons (Fsp3) is 0.500. The molecule has 0 aromatic heterocycles. The Morgan fingerprint density at radius 2 is 2.36 bits per heavy atom. The summed E-state index contributed by atoms with van der Waals surface area (Å²) in [5, 5.41) is 1.19. The van der Waals surface area contributed by atoms with Gasteiger partial charge < -0.3 is 4.74 Å². The molecule has 0 aliphatic heterocycles. The van der Waals surface area contributed by atoms with Crippen LogP contribution in [0.1, 0.15) is 0 Å². The Labute approximate surface area is 68.1 Å². The van der Waals surface area contributed by atoms with Gasteiger partial charge in [0.25, 0.3) is 0 Å². The third-order valence-electron chi connectivity index (χ3n) is 1.15. The van der Waals surface area contributed by atoms with Gasteiger partial charge in [0.1, 0.15) is 0 Å². The molecule has 0 rings (SSSR count). The second-order valence-corrected chi connectivity index (χ2v) is 2.96. The number of hydrogen-bond acceptors (Lipinski definition) is 4. The van der Waals surface area contributed by atoms with Gasteiger partial charge >= 0.3 is 0 Å². The minimum atomic E-state index is 0.0886. The summed E-state index contributed by atoms with van der Waals surface area (Å²) in [6.45, 7) is 5.47. The van der Waals surface area contributed by atoms with Gasteiger partial charge in [-0.25, -0.2) is 5.84 Å². The van der Waals surface area contributed by atoms with Gasteiger partial charge in [-0.15, -0.1) is 0 Å². The highest BCUT2D eigenvalue weighted by Crippen LogP contribution is 2.05. The van der Waals surface area contributed by atoms with E-state index in [1.165, 1.54) is 12.1 Å². The van der Waals surface area contributed by atoms with E-state index in [0.717, 1.165) is 0 Å². The van der Waals surface area contributed by atoms with Crippen molar-refractivity contribution in [2.75, 3.05) is 20.3 Å². The lowest BCUT2D eigenvalue weighted by molar-refractivity contribution is -0.112. The molecule has 5 heteroatoms. The molecule has 0 saturated carbocycles. The summed E-state index contributed by atoms with van der Waals surface area (Å²) in [5.74, 6) is 5.70. The van der Waals surface area contributed by atoms with Crippen molar-refractivity contribution < 1.29 is 9.53 Å². The number of hydrogen-bond donors (Lipinski definition) is 1. The molecule has 1 unspecified atom stereocenters. The first-order valence-corrected chi connectivity index (χ1v) is 4.57. The standard InChI is InChI=1S/C6H13N2O2P/c1-5(10-2)8(7)4-6(9)11-3/h11H,1,4,7H2,2-3H3. The average Bonchev–Trinajstić information content (AvgIpc) is 2.02. The summed E-state index contributed by atoms with van der Waals surface area (Å²) in [4.78, 5) is 10.8. The van der Waals surface area contributed by atoms with Crippen LogP contribution in [0, 0.1) is 0 Å². The zero-order valence-corrected chi connectivity index (χ0v) is 7.76. The van der Waals surface area contributed by atoms with Gasteiger partial charge in [-0.3, -0.25) is 9.80 Å². The van der Waals surface area contributed by atoms with E-state index in [1.54, 1.807) is 0 Å². The molecule has 0 aromatic rings. The number of carbonyl (C=O) groups excluding carboxylic acids is 1. The third kappa shape index (κ3) is 3.96. The molecular formula is C6H13N2O2P. The molecule has 11 heavy (non-hydrogen) atoms. The molecule has 0 radical (unpaired) electrons. The van der Waals surface area contributed by atoms with Crippen LogP contribution < -0.4 is 5.84 Å². The molecule has 2 N–H and O–H groups in total. The van der Waals surface area contributed by atoms with Gasteiger partial charge in [-0.1, -0.05) is 8.58 Å². The number of ether oxygens (including phenoxy) is 1. The van der Waals surface area contributed by atoms with Crippen molar-refractivity contribution in [2.24, 2.45) is 5.84 Å². The summed E-state index contributed by atoms with van der Waals surface area (Å²) in [5.41, 5.74) is 0.0886. The summed E-state index contributed by atoms with van der Waals surface area (Å²) >= 11 is 0. The lowest BCUT2D eigenvalue weighted by Gasteiger charge is -2.17. The van der Waals surface area contributed by atoms with Gasteiger partial charge in [-0.05, 0) is 13.2 Å². The Balaban J connectivity index is 3.77. The van der Waals surface area contributed by atoms with Crippen LogP contribution in [0.4, 0.5) is 0 Å². The molecule has 0 fully saturated rings. The number of carbonyl (C=O) groups is 1. The predicted octanol–water partition coefficient (Wildman–Crippen LogP) is 0.115. The van der Waals surface area contributed by atoms with Crippen LogP contribution in [-0.4, -0.2) is 30.9 Å². The first kappa shape index (κ1) is 10.4. The SMILES string of the molecule is C=C(OC)N(N)CC(=O)PC. The average molecular weight is 176 g/mol. The molecule has 0 aliphatic rings. The maximum atomic E-state index is 10.8. The van der Waals surface area contributed by atoms with Crippen LogP contribution in [0.3, 0.4) is 0 Å². The zero-order valence-electron chi connectivity index (χ0n) is 6.76. The summed E-state index contributed by atoms with van der Waals surface area (Å²) in [6.07, 6.45) is 0. The fourth-order valence-electron chi connectivity index (χ4n) is 0.439. The first-order chi connectivity index (χ1) is 5.11. The number of methoxy groups -OCH3 is 1. The Morgan fingerprint density at radius 3 is 2.73 bits per heavy atom. The Bertz CT molecular complexity index is 161. The quantitative estimate of drug-likeness (QED) is 0.279. The van der Waals surface area contributed by atoms with E-state index in [0.29, 0.717) is 5.88 Å². The first-order valence-electron chi connectivity index (χ1n) is 3.07. The molecule has 1 atom stereocenters. The molecule has 0 saturated heterocycles. The van der Waals surface area contributed by atoms with Crippen LogP contribution in [-0.2, 0) is 9.53 Å². The minimum absolute atomic E-state index is 0.0886. The summed E-state index contributed by atoms with van der Waals surface area (Å²) < 4.78 is 4.71. The molecule has 0 spiro atoms. The molecule has 0 bridgehead atoms. The van der Waals surface area contributed by atoms with Gasteiger partial charge in [0.05, 0.1) is 13.7 Å². The maximum Gasteiger partial charge on any atom is 0.196 e. The molecule has 64 valence electrons. The monoisotopic (exact) mass is 176 g/mol. The van der Waals surface area contributed by atoms with E-state index in [9.17, 15) is 4.79 Å². The highest BCUT2D eigenvalue weighted by Gasteiger charge is 2.06. The Kier molecular flexibility index (Phi) is 4.83. The number of nitrogens with two attached hydrogens (primary N) is 1. The Morgan fingerprint density at radius 1 is 1.82 bits per heavy atom. The van der Waals surface area contributed by atoms with Crippen molar-refractivity contribution in [1.29, 1.82) is 0 Å². The lowest BCUT2D eigenvalue weighted by atomic mass is 10.6. The third-order valence-corrected chi connectivity index (χ3v) is 1.86. The predicted molar refractivity (Wildman–Crippen MR) is 46.3 cm³/mol. The van der Waals surface area contributed by atoms with Gasteiger partial charge in [0, 0.05) is 0 Å². The highest BCUT2D eigenvalue weighted by molar-refractivity contribution is 7.57. The Hall–Kier alpha value is -0.600. The van der Waals surface area contributed by atoms with Crippen LogP contribution in [0.15, 0.2) is 12.5 Å². The molecule has 0 heterocycles. The second-order valence-electron chi connectivity index (χ2n) is 1.90. The van der Waals surface area contributed by atoms with Crippen molar-refractivity contribution in [3.05, 3.63) is 12.5 Å². The van der Waals surface area contributed by atoms with Crippen molar-refractivity contribution in [1.82, 2.24) is 5.01 Å². The van der Waals surface area contributed by atoms with Crippen molar-refractivity contribution >= 4 is 14.1 Å². The van der Waals surface area contributed by atoms with E-state index in [4.69, 9.17) is 10.6 Å². The van der Waals surface area contributed by atoms with Gasteiger partial charge in [-0.2, -0.15) is 0 Å². The molecule has 0 aromatic carbocycles. The van der Waals surface area contributed by atoms with Crippen LogP contribution >= 0.6 is 8.58 Å². The van der Waals surface area contributed by atoms with E-state index < -0.39 is 0 Å². The van der Waals surface area contributed by atoms with Gasteiger partial charge in [0.15, 0.2) is 11.4 Å². The molecule has 4 nitrogen and oxygen atoms in total.